The maximum Gasteiger partial charge on any atom is 0.218 e. The Labute approximate surface area is 152 Å². The molecule has 4 nitrogen and oxygen atoms in total. The zero-order valence-corrected chi connectivity index (χ0v) is 15.1. The molecule has 134 valence electrons. The fourth-order valence-corrected chi connectivity index (χ4v) is 4.71. The Hall–Kier alpha value is -1.63. The number of benzene rings is 2. The molecule has 0 saturated carbocycles. The highest BCUT2D eigenvalue weighted by atomic mass is 35.5. The summed E-state index contributed by atoms with van der Waals surface area (Å²) in [6, 6.07) is 12.8. The Bertz CT molecular complexity index is 818. The van der Waals surface area contributed by atoms with E-state index in [9.17, 15) is 12.8 Å². The van der Waals surface area contributed by atoms with Crippen molar-refractivity contribution in [2.45, 2.75) is 24.7 Å². The molecule has 1 fully saturated rings. The number of halogens is 2. The Morgan fingerprint density at radius 1 is 1.08 bits per heavy atom. The molecule has 1 aliphatic heterocycles. The Morgan fingerprint density at radius 3 is 2.36 bits per heavy atom. The minimum atomic E-state index is -3.42. The lowest BCUT2D eigenvalue weighted by molar-refractivity contribution is 0.135. The van der Waals surface area contributed by atoms with Crippen LogP contribution in [-0.4, -0.2) is 31.9 Å². The average molecular weight is 384 g/mol. The lowest BCUT2D eigenvalue weighted by atomic mass is 10.1. The standard InChI is InChI=1S/C18H19ClFNO3S/c19-18-4-2-1-3-14(18)13-25(22,23)21-11-9-17(10-12-21)24-16-7-5-15(20)6-8-16/h1-8,17H,9-13H2. The quantitative estimate of drug-likeness (QED) is 0.787. The Morgan fingerprint density at radius 2 is 1.72 bits per heavy atom. The van der Waals surface area contributed by atoms with Crippen molar-refractivity contribution in [3.8, 4) is 5.75 Å². The predicted octanol–water partition coefficient (Wildman–Crippen LogP) is 3.85. The van der Waals surface area contributed by atoms with Gasteiger partial charge in [0.05, 0.1) is 5.75 Å². The third-order valence-electron chi connectivity index (χ3n) is 4.21. The summed E-state index contributed by atoms with van der Waals surface area (Å²) in [5.41, 5.74) is 0.605. The molecule has 7 heteroatoms. The molecule has 0 amide bonds. The lowest BCUT2D eigenvalue weighted by Crippen LogP contribution is -2.42. The summed E-state index contributed by atoms with van der Waals surface area (Å²) >= 11 is 6.06. The summed E-state index contributed by atoms with van der Waals surface area (Å²) in [5.74, 6) is 0.183. The van der Waals surface area contributed by atoms with Gasteiger partial charge in [0.25, 0.3) is 0 Å². The smallest absolute Gasteiger partial charge is 0.218 e. The first-order chi connectivity index (χ1) is 11.9. The second kappa shape index (κ2) is 7.72. The topological polar surface area (TPSA) is 46.6 Å². The normalized spacial score (nSPS) is 16.7. The van der Waals surface area contributed by atoms with Crippen LogP contribution in [0, 0.1) is 5.82 Å². The van der Waals surface area contributed by atoms with Gasteiger partial charge in [0.15, 0.2) is 0 Å². The summed E-state index contributed by atoms with van der Waals surface area (Å²) in [4.78, 5) is 0. The van der Waals surface area contributed by atoms with Crippen molar-refractivity contribution in [2.24, 2.45) is 0 Å². The largest absolute Gasteiger partial charge is 0.490 e. The zero-order chi connectivity index (χ0) is 17.9. The molecule has 0 aliphatic carbocycles. The summed E-state index contributed by atoms with van der Waals surface area (Å²) < 4.78 is 45.4. The lowest BCUT2D eigenvalue weighted by Gasteiger charge is -2.31. The molecule has 0 radical (unpaired) electrons. The van der Waals surface area contributed by atoms with Crippen LogP contribution in [0.1, 0.15) is 18.4 Å². The SMILES string of the molecule is O=S(=O)(Cc1ccccc1Cl)N1CCC(Oc2ccc(F)cc2)CC1. The molecule has 0 unspecified atom stereocenters. The minimum Gasteiger partial charge on any atom is -0.490 e. The summed E-state index contributed by atoms with van der Waals surface area (Å²) in [5, 5.41) is 0.459. The highest BCUT2D eigenvalue weighted by molar-refractivity contribution is 7.88. The molecule has 1 aliphatic rings. The van der Waals surface area contributed by atoms with Gasteiger partial charge in [-0.25, -0.2) is 17.1 Å². The molecule has 0 spiro atoms. The first-order valence-corrected chi connectivity index (χ1v) is 10.1. The molecule has 25 heavy (non-hydrogen) atoms. The van der Waals surface area contributed by atoms with Gasteiger partial charge in [-0.1, -0.05) is 29.8 Å². The van der Waals surface area contributed by atoms with Crippen molar-refractivity contribution >= 4 is 21.6 Å². The third kappa shape index (κ3) is 4.71. The van der Waals surface area contributed by atoms with E-state index in [2.05, 4.69) is 0 Å². The Kier molecular flexibility index (Phi) is 5.61. The van der Waals surface area contributed by atoms with Crippen LogP contribution in [0.2, 0.25) is 5.02 Å². The van der Waals surface area contributed by atoms with E-state index in [1.807, 2.05) is 0 Å². The van der Waals surface area contributed by atoms with Crippen molar-refractivity contribution < 1.29 is 17.5 Å². The molecule has 0 atom stereocenters. The van der Waals surface area contributed by atoms with Crippen molar-refractivity contribution in [3.05, 3.63) is 64.9 Å². The summed E-state index contributed by atoms with van der Waals surface area (Å²) in [7, 11) is -3.42. The first kappa shape index (κ1) is 18.2. The van der Waals surface area contributed by atoms with Crippen LogP contribution in [0.25, 0.3) is 0 Å². The highest BCUT2D eigenvalue weighted by Gasteiger charge is 2.29. The van der Waals surface area contributed by atoms with Gasteiger partial charge in [-0.15, -0.1) is 0 Å². The van der Waals surface area contributed by atoms with E-state index in [4.69, 9.17) is 16.3 Å². The number of piperidine rings is 1. The van der Waals surface area contributed by atoms with Gasteiger partial charge in [-0.3, -0.25) is 0 Å². The van der Waals surface area contributed by atoms with Crippen LogP contribution in [0.15, 0.2) is 48.5 Å². The number of sulfonamides is 1. The van der Waals surface area contributed by atoms with Crippen LogP contribution in [0.4, 0.5) is 4.39 Å². The van der Waals surface area contributed by atoms with Gasteiger partial charge < -0.3 is 4.74 Å². The molecule has 1 heterocycles. The summed E-state index contributed by atoms with van der Waals surface area (Å²) in [6.07, 6.45) is 1.12. The molecular formula is C18H19ClFNO3S. The number of hydrogen-bond acceptors (Lipinski definition) is 3. The van der Waals surface area contributed by atoms with E-state index in [0.717, 1.165) is 0 Å². The van der Waals surface area contributed by atoms with Gasteiger partial charge in [-0.05, 0) is 48.7 Å². The maximum atomic E-state index is 12.9. The van der Waals surface area contributed by atoms with Gasteiger partial charge in [0.2, 0.25) is 10.0 Å². The van der Waals surface area contributed by atoms with Crippen molar-refractivity contribution in [2.75, 3.05) is 13.1 Å². The zero-order valence-electron chi connectivity index (χ0n) is 13.6. The van der Waals surface area contributed by atoms with Gasteiger partial charge in [0, 0.05) is 18.1 Å². The van der Waals surface area contributed by atoms with Gasteiger partial charge >= 0.3 is 0 Å². The monoisotopic (exact) mass is 383 g/mol. The average Bonchev–Trinajstić information content (AvgIpc) is 2.59. The van der Waals surface area contributed by atoms with Crippen LogP contribution in [-0.2, 0) is 15.8 Å². The van der Waals surface area contributed by atoms with Gasteiger partial charge in [-0.2, -0.15) is 0 Å². The number of ether oxygens (including phenoxy) is 1. The van der Waals surface area contributed by atoms with Crippen molar-refractivity contribution in [3.63, 3.8) is 0 Å². The van der Waals surface area contributed by atoms with Gasteiger partial charge in [0.1, 0.15) is 17.7 Å². The fraction of sp³-hybridized carbons (Fsp3) is 0.333. The van der Waals surface area contributed by atoms with E-state index in [-0.39, 0.29) is 17.7 Å². The fourth-order valence-electron chi connectivity index (χ4n) is 2.84. The van der Waals surface area contributed by atoms with Crippen LogP contribution in [0.5, 0.6) is 5.75 Å². The molecule has 2 aromatic rings. The highest BCUT2D eigenvalue weighted by Crippen LogP contribution is 2.24. The number of nitrogens with zero attached hydrogens (tertiary/aromatic N) is 1. The molecule has 3 rings (SSSR count). The van der Waals surface area contributed by atoms with Crippen molar-refractivity contribution in [1.82, 2.24) is 4.31 Å². The van der Waals surface area contributed by atoms with E-state index >= 15 is 0 Å². The Balaban J connectivity index is 1.57. The van der Waals surface area contributed by atoms with Crippen LogP contribution < -0.4 is 4.74 Å². The predicted molar refractivity (Wildman–Crippen MR) is 95.7 cm³/mol. The van der Waals surface area contributed by atoms with Crippen LogP contribution in [0.3, 0.4) is 0 Å². The van der Waals surface area contributed by atoms with E-state index in [1.165, 1.54) is 16.4 Å². The van der Waals surface area contributed by atoms with E-state index in [1.54, 1.807) is 36.4 Å². The first-order valence-electron chi connectivity index (χ1n) is 8.07. The summed E-state index contributed by atoms with van der Waals surface area (Å²) in [6.45, 7) is 0.803. The maximum absolute atomic E-state index is 12.9. The molecule has 0 N–H and O–H groups in total. The molecule has 0 aromatic heterocycles. The molecular weight excluding hydrogens is 365 g/mol. The second-order valence-corrected chi connectivity index (χ2v) is 8.39. The van der Waals surface area contributed by atoms with E-state index in [0.29, 0.717) is 42.3 Å². The minimum absolute atomic E-state index is 0.0720. The number of rotatable bonds is 5. The molecule has 2 aromatic carbocycles. The number of hydrogen-bond donors (Lipinski definition) is 0. The van der Waals surface area contributed by atoms with Crippen molar-refractivity contribution in [1.29, 1.82) is 0 Å². The molecule has 0 bridgehead atoms. The molecule has 1 saturated heterocycles. The van der Waals surface area contributed by atoms with E-state index < -0.39 is 10.0 Å². The third-order valence-corrected chi connectivity index (χ3v) is 6.40. The second-order valence-electron chi connectivity index (χ2n) is 6.02. The van der Waals surface area contributed by atoms with Crippen LogP contribution >= 0.6 is 11.6 Å².